The smallest absolute Gasteiger partial charge is 0.225 e. The minimum Gasteiger partial charge on any atom is -0.381 e. The van der Waals surface area contributed by atoms with Gasteiger partial charge < -0.3 is 15.8 Å². The average molecular weight is 309 g/mol. The monoisotopic (exact) mass is 309 g/mol. The van der Waals surface area contributed by atoms with Crippen molar-refractivity contribution < 1.29 is 9.53 Å². The Hall–Kier alpha value is -0.650. The highest BCUT2D eigenvalue weighted by atomic mass is 16.5. The molecule has 0 aromatic rings. The molecule has 1 atom stereocenters. The van der Waals surface area contributed by atoms with Crippen molar-refractivity contribution in [2.24, 2.45) is 17.1 Å². The molecule has 3 fully saturated rings. The van der Waals surface area contributed by atoms with Crippen LogP contribution >= 0.6 is 0 Å². The van der Waals surface area contributed by atoms with E-state index in [4.69, 9.17) is 10.5 Å². The van der Waals surface area contributed by atoms with E-state index in [1.807, 2.05) is 0 Å². The van der Waals surface area contributed by atoms with E-state index in [1.165, 1.54) is 6.42 Å². The second-order valence-corrected chi connectivity index (χ2v) is 7.26. The summed E-state index contributed by atoms with van der Waals surface area (Å²) in [7, 11) is 0. The number of rotatable bonds is 4. The van der Waals surface area contributed by atoms with Gasteiger partial charge in [-0.1, -0.05) is 19.3 Å². The molecule has 2 heterocycles. The molecule has 2 aliphatic heterocycles. The van der Waals surface area contributed by atoms with Gasteiger partial charge in [0.1, 0.15) is 0 Å². The summed E-state index contributed by atoms with van der Waals surface area (Å²) in [5.41, 5.74) is 5.70. The molecule has 0 radical (unpaired) electrons. The maximum Gasteiger partial charge on any atom is 0.225 e. The summed E-state index contributed by atoms with van der Waals surface area (Å²) in [6.07, 6.45) is 7.65. The fourth-order valence-electron chi connectivity index (χ4n) is 4.96. The number of carbonyl (C=O) groups excluding carboxylic acids is 1. The first kappa shape index (κ1) is 16.2. The molecule has 0 aromatic heterocycles. The zero-order valence-electron chi connectivity index (χ0n) is 13.7. The van der Waals surface area contributed by atoms with E-state index in [0.29, 0.717) is 12.0 Å². The molecular weight excluding hydrogens is 278 g/mol. The lowest BCUT2D eigenvalue weighted by molar-refractivity contribution is -0.139. The second-order valence-electron chi connectivity index (χ2n) is 7.26. The summed E-state index contributed by atoms with van der Waals surface area (Å²) in [6, 6.07) is 0.316. The van der Waals surface area contributed by atoms with E-state index in [-0.39, 0.29) is 11.3 Å². The summed E-state index contributed by atoms with van der Waals surface area (Å²) in [6.45, 7) is 5.79. The fraction of sp³-hybridized carbons (Fsp3) is 0.941. The second kappa shape index (κ2) is 7.28. The fourth-order valence-corrected chi connectivity index (χ4v) is 4.96. The molecule has 1 amide bonds. The number of amides is 1. The van der Waals surface area contributed by atoms with Gasteiger partial charge in [0.2, 0.25) is 5.91 Å². The van der Waals surface area contributed by atoms with E-state index in [2.05, 4.69) is 10.2 Å². The van der Waals surface area contributed by atoms with Crippen LogP contribution in [0, 0.1) is 11.3 Å². The van der Waals surface area contributed by atoms with Crippen LogP contribution in [-0.4, -0.2) is 56.2 Å². The maximum absolute atomic E-state index is 12.6. The van der Waals surface area contributed by atoms with Gasteiger partial charge in [-0.25, -0.2) is 0 Å². The number of nitrogens with zero attached hydrogens (tertiary/aromatic N) is 1. The Morgan fingerprint density at radius 2 is 1.77 bits per heavy atom. The Kier molecular flexibility index (Phi) is 5.37. The number of hydrogen-bond donors (Lipinski definition) is 2. The molecular formula is C17H31N3O2. The molecule has 1 aliphatic carbocycles. The summed E-state index contributed by atoms with van der Waals surface area (Å²) in [5, 5.41) is 3.43. The molecule has 3 rings (SSSR count). The third-order valence-corrected chi connectivity index (χ3v) is 6.06. The largest absolute Gasteiger partial charge is 0.381 e. The highest BCUT2D eigenvalue weighted by Gasteiger charge is 2.50. The molecule has 1 unspecified atom stereocenters. The quantitative estimate of drug-likeness (QED) is 0.817. The van der Waals surface area contributed by atoms with Crippen LogP contribution in [0.5, 0.6) is 0 Å². The third-order valence-electron chi connectivity index (χ3n) is 6.06. The van der Waals surface area contributed by atoms with Crippen molar-refractivity contribution in [2.75, 3.05) is 39.4 Å². The zero-order valence-corrected chi connectivity index (χ0v) is 13.7. The minimum atomic E-state index is -0.308. The van der Waals surface area contributed by atoms with Crippen molar-refractivity contribution in [3.05, 3.63) is 0 Å². The number of ether oxygens (including phenoxy) is 1. The Morgan fingerprint density at radius 1 is 1.14 bits per heavy atom. The van der Waals surface area contributed by atoms with Gasteiger partial charge in [0.25, 0.3) is 0 Å². The van der Waals surface area contributed by atoms with Crippen molar-refractivity contribution in [3.63, 3.8) is 0 Å². The lowest BCUT2D eigenvalue weighted by Crippen LogP contribution is -2.62. The molecule has 0 aromatic carbocycles. The lowest BCUT2D eigenvalue weighted by Gasteiger charge is -2.51. The Morgan fingerprint density at radius 3 is 2.36 bits per heavy atom. The molecule has 2 saturated heterocycles. The van der Waals surface area contributed by atoms with Crippen molar-refractivity contribution in [2.45, 2.75) is 51.0 Å². The van der Waals surface area contributed by atoms with Crippen molar-refractivity contribution in [1.29, 1.82) is 0 Å². The lowest BCUT2D eigenvalue weighted by atomic mass is 9.63. The highest BCUT2D eigenvalue weighted by molar-refractivity contribution is 5.82. The summed E-state index contributed by atoms with van der Waals surface area (Å²) < 4.78 is 5.57. The molecule has 126 valence electrons. The number of piperazine rings is 1. The Balaban J connectivity index is 1.88. The number of nitrogens with two attached hydrogens (primary N) is 1. The predicted molar refractivity (Wildman–Crippen MR) is 86.5 cm³/mol. The molecule has 1 saturated carbocycles. The molecule has 3 aliphatic rings. The van der Waals surface area contributed by atoms with Crippen LogP contribution in [0.15, 0.2) is 0 Å². The number of nitrogens with one attached hydrogen (secondary N) is 1. The molecule has 5 nitrogen and oxygen atoms in total. The van der Waals surface area contributed by atoms with Crippen molar-refractivity contribution in [1.82, 2.24) is 10.2 Å². The van der Waals surface area contributed by atoms with E-state index in [0.717, 1.165) is 77.9 Å². The molecule has 22 heavy (non-hydrogen) atoms. The minimum absolute atomic E-state index is 0.0535. The van der Waals surface area contributed by atoms with Crippen LogP contribution in [0.25, 0.3) is 0 Å². The van der Waals surface area contributed by atoms with Crippen LogP contribution in [0.4, 0.5) is 0 Å². The van der Waals surface area contributed by atoms with Gasteiger partial charge in [0.05, 0.1) is 5.41 Å². The third kappa shape index (κ3) is 3.17. The van der Waals surface area contributed by atoms with Crippen molar-refractivity contribution >= 4 is 5.91 Å². The molecule has 0 bridgehead atoms. The van der Waals surface area contributed by atoms with E-state index >= 15 is 0 Å². The first-order chi connectivity index (χ1) is 10.7. The topological polar surface area (TPSA) is 67.6 Å². The van der Waals surface area contributed by atoms with E-state index in [1.54, 1.807) is 0 Å². The van der Waals surface area contributed by atoms with Gasteiger partial charge in [0.15, 0.2) is 0 Å². The Labute approximate surface area is 133 Å². The standard InChI is InChI=1S/C17H31N3O2/c18-16(21)17(6-2-1-3-7-17)15(14-4-12-22-13-5-14)20-10-8-19-9-11-20/h14-15,19H,1-13H2,(H2,18,21). The number of carbonyl (C=O) groups is 1. The molecule has 5 heteroatoms. The average Bonchev–Trinajstić information content (AvgIpc) is 2.58. The van der Waals surface area contributed by atoms with Crippen LogP contribution < -0.4 is 11.1 Å². The van der Waals surface area contributed by atoms with Crippen molar-refractivity contribution in [3.8, 4) is 0 Å². The van der Waals surface area contributed by atoms with Gasteiger partial charge in [-0.2, -0.15) is 0 Å². The van der Waals surface area contributed by atoms with Gasteiger partial charge in [0, 0.05) is 45.4 Å². The van der Waals surface area contributed by atoms with Crippen LogP contribution in [0.3, 0.4) is 0 Å². The normalized spacial score (nSPS) is 29.1. The SMILES string of the molecule is NC(=O)C1(C(C2CCOCC2)N2CCNCC2)CCCCC1. The van der Waals surface area contributed by atoms with Gasteiger partial charge in [-0.3, -0.25) is 9.69 Å². The first-order valence-corrected chi connectivity index (χ1v) is 9.06. The van der Waals surface area contributed by atoms with Gasteiger partial charge in [-0.15, -0.1) is 0 Å². The van der Waals surface area contributed by atoms with E-state index in [9.17, 15) is 4.79 Å². The zero-order chi connectivity index (χ0) is 15.4. The summed E-state index contributed by atoms with van der Waals surface area (Å²) >= 11 is 0. The Bertz CT molecular complexity index is 352. The van der Waals surface area contributed by atoms with Gasteiger partial charge >= 0.3 is 0 Å². The van der Waals surface area contributed by atoms with E-state index < -0.39 is 0 Å². The highest BCUT2D eigenvalue weighted by Crippen LogP contribution is 2.46. The van der Waals surface area contributed by atoms with Crippen LogP contribution in [0.1, 0.15) is 44.9 Å². The van der Waals surface area contributed by atoms with Gasteiger partial charge in [-0.05, 0) is 31.6 Å². The maximum atomic E-state index is 12.6. The van der Waals surface area contributed by atoms with Crippen LogP contribution in [-0.2, 0) is 9.53 Å². The predicted octanol–water partition coefficient (Wildman–Crippen LogP) is 1.12. The molecule has 3 N–H and O–H groups in total. The number of primary amides is 1. The first-order valence-electron chi connectivity index (χ1n) is 9.06. The number of hydrogen-bond acceptors (Lipinski definition) is 4. The van der Waals surface area contributed by atoms with Crippen LogP contribution in [0.2, 0.25) is 0 Å². The molecule has 0 spiro atoms. The summed E-state index contributed by atoms with van der Waals surface area (Å²) in [4.78, 5) is 15.1. The summed E-state index contributed by atoms with van der Waals surface area (Å²) in [5.74, 6) is 0.500.